The summed E-state index contributed by atoms with van der Waals surface area (Å²) in [6.45, 7) is 5.39. The third kappa shape index (κ3) is 15.5. The maximum Gasteiger partial charge on any atom is -0.00773 e. The molecule has 0 spiro atoms. The normalized spacial score (nSPS) is 12.4. The van der Waals surface area contributed by atoms with E-state index in [1.807, 2.05) is 0 Å². The Morgan fingerprint density at radius 1 is 0.850 bits per heavy atom. The van der Waals surface area contributed by atoms with Gasteiger partial charge in [0.15, 0.2) is 0 Å². The fourth-order valence-corrected chi connectivity index (χ4v) is 2.35. The molecule has 0 aromatic carbocycles. The van der Waals surface area contributed by atoms with Gasteiger partial charge < -0.3 is 5.73 Å². The van der Waals surface area contributed by atoms with Crippen LogP contribution in [-0.2, 0) is 0 Å². The molecule has 20 heavy (non-hydrogen) atoms. The third-order valence-electron chi connectivity index (χ3n) is 3.77. The molecular formula is C19H37N. The smallest absolute Gasteiger partial charge is 0.00773 e. The van der Waals surface area contributed by atoms with Gasteiger partial charge in [-0.25, -0.2) is 0 Å². The SMILES string of the molecule is CCCCC/C=C/C/C=C(\C)CCCCCCCCN. The van der Waals surface area contributed by atoms with Crippen molar-refractivity contribution in [3.8, 4) is 0 Å². The van der Waals surface area contributed by atoms with E-state index in [2.05, 4.69) is 32.1 Å². The highest BCUT2D eigenvalue weighted by molar-refractivity contribution is 5.02. The second-order valence-corrected chi connectivity index (χ2v) is 5.91. The van der Waals surface area contributed by atoms with Gasteiger partial charge >= 0.3 is 0 Å². The lowest BCUT2D eigenvalue weighted by Crippen LogP contribution is -1.97. The first-order valence-corrected chi connectivity index (χ1v) is 8.82. The zero-order valence-corrected chi connectivity index (χ0v) is 14.0. The first-order chi connectivity index (χ1) is 9.81. The lowest BCUT2D eigenvalue weighted by Gasteiger charge is -2.02. The first kappa shape index (κ1) is 19.4. The minimum atomic E-state index is 0.855. The van der Waals surface area contributed by atoms with Crippen LogP contribution in [0, 0.1) is 0 Å². The van der Waals surface area contributed by atoms with Gasteiger partial charge in [0.25, 0.3) is 0 Å². The van der Waals surface area contributed by atoms with E-state index < -0.39 is 0 Å². The molecule has 0 aliphatic carbocycles. The molecule has 1 heteroatoms. The molecule has 0 atom stereocenters. The lowest BCUT2D eigenvalue weighted by molar-refractivity contribution is 0.596. The molecule has 1 nitrogen and oxygen atoms in total. The second-order valence-electron chi connectivity index (χ2n) is 5.91. The lowest BCUT2D eigenvalue weighted by atomic mass is 10.1. The van der Waals surface area contributed by atoms with Gasteiger partial charge in [0.1, 0.15) is 0 Å². The van der Waals surface area contributed by atoms with Crippen LogP contribution in [0.3, 0.4) is 0 Å². The van der Waals surface area contributed by atoms with Gasteiger partial charge in [-0.05, 0) is 52.0 Å². The number of rotatable bonds is 14. The molecule has 0 saturated carbocycles. The molecule has 0 aromatic rings. The van der Waals surface area contributed by atoms with Crippen LogP contribution in [0.4, 0.5) is 0 Å². The third-order valence-corrected chi connectivity index (χ3v) is 3.77. The minimum absolute atomic E-state index is 0.855. The Morgan fingerprint density at radius 3 is 2.25 bits per heavy atom. The fourth-order valence-electron chi connectivity index (χ4n) is 2.35. The van der Waals surface area contributed by atoms with Crippen molar-refractivity contribution >= 4 is 0 Å². The van der Waals surface area contributed by atoms with Gasteiger partial charge in [-0.1, -0.05) is 69.2 Å². The number of hydrogen-bond donors (Lipinski definition) is 1. The molecular weight excluding hydrogens is 242 g/mol. The average molecular weight is 280 g/mol. The van der Waals surface area contributed by atoms with E-state index in [1.54, 1.807) is 5.57 Å². The van der Waals surface area contributed by atoms with Crippen molar-refractivity contribution in [1.29, 1.82) is 0 Å². The Kier molecular flexibility index (Phi) is 16.0. The summed E-state index contributed by atoms with van der Waals surface area (Å²) >= 11 is 0. The van der Waals surface area contributed by atoms with Gasteiger partial charge in [-0.15, -0.1) is 0 Å². The van der Waals surface area contributed by atoms with Crippen LogP contribution in [0.15, 0.2) is 23.8 Å². The molecule has 0 radical (unpaired) electrons. The van der Waals surface area contributed by atoms with Gasteiger partial charge in [0, 0.05) is 0 Å². The molecule has 0 saturated heterocycles. The summed E-state index contributed by atoms with van der Waals surface area (Å²) in [7, 11) is 0. The van der Waals surface area contributed by atoms with E-state index in [1.165, 1.54) is 70.6 Å². The monoisotopic (exact) mass is 279 g/mol. The van der Waals surface area contributed by atoms with Crippen LogP contribution < -0.4 is 5.73 Å². The Bertz CT molecular complexity index is 240. The molecule has 0 rings (SSSR count). The molecule has 0 bridgehead atoms. The highest BCUT2D eigenvalue weighted by Crippen LogP contribution is 2.12. The Hall–Kier alpha value is -0.560. The number of allylic oxidation sites excluding steroid dienone is 4. The highest BCUT2D eigenvalue weighted by atomic mass is 14.5. The maximum absolute atomic E-state index is 5.49. The number of nitrogens with two attached hydrogens (primary N) is 1. The minimum Gasteiger partial charge on any atom is -0.330 e. The van der Waals surface area contributed by atoms with Crippen molar-refractivity contribution in [2.24, 2.45) is 5.73 Å². The quantitative estimate of drug-likeness (QED) is 0.299. The van der Waals surface area contributed by atoms with Gasteiger partial charge in [0.05, 0.1) is 0 Å². The van der Waals surface area contributed by atoms with E-state index in [0.29, 0.717) is 0 Å². The highest BCUT2D eigenvalue weighted by Gasteiger charge is 1.92. The summed E-state index contributed by atoms with van der Waals surface area (Å²) in [5.74, 6) is 0. The standard InChI is InChI=1S/C19H37N/c1-3-4-5-6-7-10-13-16-19(2)17-14-11-8-9-12-15-18-20/h7,10,16H,3-6,8-9,11-15,17-18,20H2,1-2H3/b10-7+,19-16+. The van der Waals surface area contributed by atoms with E-state index in [0.717, 1.165) is 13.0 Å². The van der Waals surface area contributed by atoms with E-state index >= 15 is 0 Å². The van der Waals surface area contributed by atoms with Crippen LogP contribution in [0.2, 0.25) is 0 Å². The van der Waals surface area contributed by atoms with Gasteiger partial charge in [0.2, 0.25) is 0 Å². The van der Waals surface area contributed by atoms with Crippen LogP contribution >= 0.6 is 0 Å². The van der Waals surface area contributed by atoms with Crippen LogP contribution in [0.5, 0.6) is 0 Å². The number of hydrogen-bond acceptors (Lipinski definition) is 1. The van der Waals surface area contributed by atoms with Gasteiger partial charge in [-0.3, -0.25) is 0 Å². The fraction of sp³-hybridized carbons (Fsp3) is 0.789. The summed E-state index contributed by atoms with van der Waals surface area (Å²) in [4.78, 5) is 0. The van der Waals surface area contributed by atoms with E-state index in [-0.39, 0.29) is 0 Å². The zero-order valence-electron chi connectivity index (χ0n) is 14.0. The molecule has 0 aliphatic heterocycles. The molecule has 0 aliphatic rings. The number of unbranched alkanes of at least 4 members (excludes halogenated alkanes) is 8. The Labute approximate surface area is 127 Å². The van der Waals surface area contributed by atoms with Crippen molar-refractivity contribution in [2.45, 2.75) is 90.9 Å². The molecule has 0 fully saturated rings. The topological polar surface area (TPSA) is 26.0 Å². The Balaban J connectivity index is 3.37. The second kappa shape index (κ2) is 16.5. The predicted octanol–water partition coefficient (Wildman–Crippen LogP) is 6.15. The summed E-state index contributed by atoms with van der Waals surface area (Å²) in [5.41, 5.74) is 7.05. The van der Waals surface area contributed by atoms with E-state index in [9.17, 15) is 0 Å². The summed E-state index contributed by atoms with van der Waals surface area (Å²) < 4.78 is 0. The molecule has 0 unspecified atom stereocenters. The van der Waals surface area contributed by atoms with Crippen molar-refractivity contribution in [3.63, 3.8) is 0 Å². The molecule has 0 heterocycles. The van der Waals surface area contributed by atoms with Crippen molar-refractivity contribution < 1.29 is 0 Å². The summed E-state index contributed by atoms with van der Waals surface area (Å²) in [5, 5.41) is 0. The summed E-state index contributed by atoms with van der Waals surface area (Å²) in [6, 6.07) is 0. The van der Waals surface area contributed by atoms with Crippen molar-refractivity contribution in [1.82, 2.24) is 0 Å². The van der Waals surface area contributed by atoms with Crippen LogP contribution in [0.25, 0.3) is 0 Å². The van der Waals surface area contributed by atoms with E-state index in [4.69, 9.17) is 5.73 Å². The summed E-state index contributed by atoms with van der Waals surface area (Å²) in [6.07, 6.45) is 22.7. The average Bonchev–Trinajstić information content (AvgIpc) is 2.45. The van der Waals surface area contributed by atoms with Crippen LogP contribution in [-0.4, -0.2) is 6.54 Å². The maximum atomic E-state index is 5.49. The predicted molar refractivity (Wildman–Crippen MR) is 93.0 cm³/mol. The van der Waals surface area contributed by atoms with Gasteiger partial charge in [-0.2, -0.15) is 0 Å². The molecule has 0 amide bonds. The van der Waals surface area contributed by atoms with Crippen molar-refractivity contribution in [3.05, 3.63) is 23.8 Å². The van der Waals surface area contributed by atoms with Crippen molar-refractivity contribution in [2.75, 3.05) is 6.54 Å². The molecule has 118 valence electrons. The zero-order chi connectivity index (χ0) is 14.9. The largest absolute Gasteiger partial charge is 0.330 e. The van der Waals surface area contributed by atoms with Crippen LogP contribution in [0.1, 0.15) is 90.9 Å². The molecule has 2 N–H and O–H groups in total. The molecule has 0 aromatic heterocycles. The first-order valence-electron chi connectivity index (χ1n) is 8.82. The Morgan fingerprint density at radius 2 is 1.55 bits per heavy atom.